The first-order valence-corrected chi connectivity index (χ1v) is 7.66. The second-order valence-electron chi connectivity index (χ2n) is 5.39. The number of alkyl halides is 2. The lowest BCUT2D eigenvalue weighted by atomic mass is 10.1. The molecule has 3 nitrogen and oxygen atoms in total. The molecule has 0 bridgehead atoms. The van der Waals surface area contributed by atoms with Crippen molar-refractivity contribution in [1.29, 1.82) is 0 Å². The van der Waals surface area contributed by atoms with Gasteiger partial charge in [0.05, 0.1) is 11.6 Å². The van der Waals surface area contributed by atoms with Crippen molar-refractivity contribution in [1.82, 2.24) is 5.32 Å². The molecule has 126 valence electrons. The molecule has 0 radical (unpaired) electrons. The van der Waals surface area contributed by atoms with Crippen LogP contribution in [0.1, 0.15) is 33.9 Å². The summed E-state index contributed by atoms with van der Waals surface area (Å²) < 4.78 is 43.1. The third-order valence-corrected chi connectivity index (χ3v) is 4.12. The Morgan fingerprint density at radius 2 is 2.04 bits per heavy atom. The van der Waals surface area contributed by atoms with Gasteiger partial charge in [0.15, 0.2) is 0 Å². The minimum atomic E-state index is -3.03. The van der Waals surface area contributed by atoms with Gasteiger partial charge in [0.1, 0.15) is 11.6 Å². The molecule has 0 fully saturated rings. The average molecular weight is 356 g/mol. The van der Waals surface area contributed by atoms with Crippen LogP contribution in [0.2, 0.25) is 5.02 Å². The Labute approximate surface area is 141 Å². The second kappa shape index (κ2) is 6.73. The maximum absolute atomic E-state index is 13.9. The fraction of sp³-hybridized carbons (Fsp3) is 0.235. The van der Waals surface area contributed by atoms with E-state index in [1.165, 1.54) is 24.3 Å². The van der Waals surface area contributed by atoms with Crippen molar-refractivity contribution >= 4 is 17.5 Å². The van der Waals surface area contributed by atoms with Crippen LogP contribution in [0.4, 0.5) is 13.2 Å². The predicted molar refractivity (Wildman–Crippen MR) is 83.0 cm³/mol. The normalized spacial score (nSPS) is 16.1. The maximum atomic E-state index is 13.9. The quantitative estimate of drug-likeness (QED) is 0.877. The summed E-state index contributed by atoms with van der Waals surface area (Å²) in [6.45, 7) is -3.03. The van der Waals surface area contributed by atoms with Crippen LogP contribution in [-0.2, 0) is 6.42 Å². The Balaban J connectivity index is 1.83. The van der Waals surface area contributed by atoms with E-state index in [1.54, 1.807) is 12.1 Å². The lowest BCUT2D eigenvalue weighted by molar-refractivity contribution is -0.0501. The summed E-state index contributed by atoms with van der Waals surface area (Å²) in [5.74, 6) is -1.18. The minimum absolute atomic E-state index is 0.00579. The van der Waals surface area contributed by atoms with E-state index < -0.39 is 24.4 Å². The SMILES string of the molecule is O=C(N[C@@H]1CCc2c(F)cc(Cl)cc21)c1ccccc1OC(F)F. The van der Waals surface area contributed by atoms with Gasteiger partial charge in [-0.15, -0.1) is 0 Å². The van der Waals surface area contributed by atoms with Gasteiger partial charge in [0, 0.05) is 5.02 Å². The van der Waals surface area contributed by atoms with E-state index in [2.05, 4.69) is 10.1 Å². The van der Waals surface area contributed by atoms with E-state index >= 15 is 0 Å². The molecule has 7 heteroatoms. The zero-order valence-corrected chi connectivity index (χ0v) is 13.1. The van der Waals surface area contributed by atoms with Gasteiger partial charge in [0.2, 0.25) is 0 Å². The number of halogens is 4. The first-order valence-electron chi connectivity index (χ1n) is 7.28. The number of benzene rings is 2. The largest absolute Gasteiger partial charge is 0.434 e. The zero-order valence-electron chi connectivity index (χ0n) is 12.4. The third-order valence-electron chi connectivity index (χ3n) is 3.91. The van der Waals surface area contributed by atoms with Crippen LogP contribution in [0.5, 0.6) is 5.75 Å². The first-order chi connectivity index (χ1) is 11.5. The van der Waals surface area contributed by atoms with Crippen LogP contribution >= 0.6 is 11.6 Å². The number of ether oxygens (including phenoxy) is 1. The van der Waals surface area contributed by atoms with E-state index in [9.17, 15) is 18.0 Å². The van der Waals surface area contributed by atoms with Gasteiger partial charge in [-0.25, -0.2) is 4.39 Å². The van der Waals surface area contributed by atoms with Gasteiger partial charge >= 0.3 is 6.61 Å². The molecule has 1 amide bonds. The van der Waals surface area contributed by atoms with Gasteiger partial charge < -0.3 is 10.1 Å². The van der Waals surface area contributed by atoms with Crippen molar-refractivity contribution in [3.05, 3.63) is 63.9 Å². The molecule has 0 heterocycles. The molecule has 0 saturated heterocycles. The number of fused-ring (bicyclic) bond motifs is 1. The van der Waals surface area contributed by atoms with E-state index in [1.807, 2.05) is 0 Å². The number of rotatable bonds is 4. The lowest BCUT2D eigenvalue weighted by Gasteiger charge is -2.16. The lowest BCUT2D eigenvalue weighted by Crippen LogP contribution is -2.27. The topological polar surface area (TPSA) is 38.3 Å². The van der Waals surface area contributed by atoms with Gasteiger partial charge in [-0.2, -0.15) is 8.78 Å². The van der Waals surface area contributed by atoms with E-state index in [0.717, 1.165) is 0 Å². The van der Waals surface area contributed by atoms with Crippen LogP contribution < -0.4 is 10.1 Å². The Kier molecular flexibility index (Phi) is 4.66. The molecular formula is C17H13ClF3NO2. The highest BCUT2D eigenvalue weighted by Gasteiger charge is 2.28. The summed E-state index contributed by atoms with van der Waals surface area (Å²) in [6.07, 6.45) is 0.981. The molecule has 0 saturated carbocycles. The van der Waals surface area contributed by atoms with Crippen LogP contribution in [0.3, 0.4) is 0 Å². The number of para-hydroxylation sites is 1. The molecule has 1 aliphatic carbocycles. The molecule has 0 spiro atoms. The fourth-order valence-corrected chi connectivity index (χ4v) is 3.09. The average Bonchev–Trinajstić information content (AvgIpc) is 2.90. The molecule has 1 aliphatic rings. The van der Waals surface area contributed by atoms with Gasteiger partial charge in [-0.05, 0) is 48.2 Å². The van der Waals surface area contributed by atoms with Crippen LogP contribution in [0, 0.1) is 5.82 Å². The smallest absolute Gasteiger partial charge is 0.387 e. The van der Waals surface area contributed by atoms with Gasteiger partial charge in [0.25, 0.3) is 5.91 Å². The number of carbonyl (C=O) groups is 1. The van der Waals surface area contributed by atoms with E-state index in [0.29, 0.717) is 24.0 Å². The summed E-state index contributed by atoms with van der Waals surface area (Å²) in [6, 6.07) is 8.14. The van der Waals surface area contributed by atoms with Gasteiger partial charge in [-0.1, -0.05) is 23.7 Å². The Morgan fingerprint density at radius 1 is 1.29 bits per heavy atom. The van der Waals surface area contributed by atoms with Gasteiger partial charge in [-0.3, -0.25) is 4.79 Å². The predicted octanol–water partition coefficient (Wildman–Crippen LogP) is 4.50. The van der Waals surface area contributed by atoms with Crippen molar-refractivity contribution in [3.63, 3.8) is 0 Å². The number of nitrogens with one attached hydrogen (secondary N) is 1. The van der Waals surface area contributed by atoms with Crippen molar-refractivity contribution < 1.29 is 22.7 Å². The molecule has 2 aromatic carbocycles. The molecule has 0 unspecified atom stereocenters. The number of hydrogen-bond acceptors (Lipinski definition) is 2. The standard InChI is InChI=1S/C17H13ClF3NO2/c18-9-7-12-10(13(19)8-9)5-6-14(12)22-16(23)11-3-1-2-4-15(11)24-17(20)21/h1-4,7-8,14,17H,5-6H2,(H,22,23)/t14-/m1/s1. The summed E-state index contributed by atoms with van der Waals surface area (Å²) in [5, 5.41) is 2.97. The molecular weight excluding hydrogens is 343 g/mol. The van der Waals surface area contributed by atoms with Crippen LogP contribution in [0.15, 0.2) is 36.4 Å². The van der Waals surface area contributed by atoms with Crippen molar-refractivity contribution in [3.8, 4) is 5.75 Å². The molecule has 1 N–H and O–H groups in total. The van der Waals surface area contributed by atoms with E-state index in [-0.39, 0.29) is 16.3 Å². The molecule has 3 rings (SSSR count). The Bertz CT molecular complexity index is 782. The van der Waals surface area contributed by atoms with Crippen molar-refractivity contribution in [2.24, 2.45) is 0 Å². The summed E-state index contributed by atoms with van der Waals surface area (Å²) >= 11 is 5.87. The highest BCUT2D eigenvalue weighted by molar-refractivity contribution is 6.30. The minimum Gasteiger partial charge on any atom is -0.434 e. The highest BCUT2D eigenvalue weighted by atomic mass is 35.5. The summed E-state index contributed by atoms with van der Waals surface area (Å²) in [7, 11) is 0. The van der Waals surface area contributed by atoms with E-state index in [4.69, 9.17) is 11.6 Å². The Morgan fingerprint density at radius 3 is 2.79 bits per heavy atom. The summed E-state index contributed by atoms with van der Waals surface area (Å²) in [4.78, 5) is 12.4. The molecule has 1 atom stereocenters. The van der Waals surface area contributed by atoms with Crippen LogP contribution in [0.25, 0.3) is 0 Å². The first kappa shape index (κ1) is 16.6. The molecule has 2 aromatic rings. The van der Waals surface area contributed by atoms with Crippen molar-refractivity contribution in [2.75, 3.05) is 0 Å². The third kappa shape index (κ3) is 3.33. The number of carbonyl (C=O) groups excluding carboxylic acids is 1. The monoisotopic (exact) mass is 355 g/mol. The van der Waals surface area contributed by atoms with Crippen molar-refractivity contribution in [2.45, 2.75) is 25.5 Å². The van der Waals surface area contributed by atoms with Crippen LogP contribution in [-0.4, -0.2) is 12.5 Å². The molecule has 0 aliphatic heterocycles. The number of amides is 1. The zero-order chi connectivity index (χ0) is 17.3. The fourth-order valence-electron chi connectivity index (χ4n) is 2.88. The second-order valence-corrected chi connectivity index (χ2v) is 5.83. The summed E-state index contributed by atoms with van der Waals surface area (Å²) in [5.41, 5.74) is 1.12. The molecule has 24 heavy (non-hydrogen) atoms. The number of hydrogen-bond donors (Lipinski definition) is 1. The Hall–Kier alpha value is -2.21. The maximum Gasteiger partial charge on any atom is 0.387 e. The highest BCUT2D eigenvalue weighted by Crippen LogP contribution is 2.35. The molecule has 0 aromatic heterocycles.